The van der Waals surface area contributed by atoms with Crippen molar-refractivity contribution in [2.24, 2.45) is 0 Å². The molecular weight excluding hydrogens is 458 g/mol. The maximum Gasteiger partial charge on any atom is 0.244 e. The van der Waals surface area contributed by atoms with E-state index in [1.165, 1.54) is 11.8 Å². The predicted molar refractivity (Wildman–Crippen MR) is 129 cm³/mol. The predicted octanol–water partition coefficient (Wildman–Crippen LogP) is 2.17. The van der Waals surface area contributed by atoms with E-state index >= 15 is 0 Å². The van der Waals surface area contributed by atoms with Crippen LogP contribution in [0, 0.1) is 0 Å². The fraction of sp³-hybridized carbons (Fsp3) is 0.417. The minimum Gasteiger partial charge on any atom is -0.486 e. The molecule has 0 aliphatic carbocycles. The van der Waals surface area contributed by atoms with E-state index in [1.54, 1.807) is 32.0 Å². The summed E-state index contributed by atoms with van der Waals surface area (Å²) in [6.45, 7) is 5.85. The molecule has 0 saturated heterocycles. The first kappa shape index (κ1) is 25.4. The third-order valence-corrected chi connectivity index (χ3v) is 7.25. The van der Waals surface area contributed by atoms with Crippen molar-refractivity contribution in [1.29, 1.82) is 0 Å². The summed E-state index contributed by atoms with van der Waals surface area (Å²) in [7, 11) is -3.81. The van der Waals surface area contributed by atoms with Gasteiger partial charge in [0.2, 0.25) is 21.8 Å². The fourth-order valence-electron chi connectivity index (χ4n) is 3.59. The normalized spacial score (nSPS) is 13.6. The van der Waals surface area contributed by atoms with E-state index in [0.717, 1.165) is 9.87 Å². The summed E-state index contributed by atoms with van der Waals surface area (Å²) in [5.74, 6) is -0.0557. The Balaban J connectivity index is 1.93. The van der Waals surface area contributed by atoms with E-state index in [2.05, 4.69) is 5.32 Å². The third-order valence-electron chi connectivity index (χ3n) is 5.51. The van der Waals surface area contributed by atoms with Crippen molar-refractivity contribution >= 4 is 27.5 Å². The van der Waals surface area contributed by atoms with E-state index in [9.17, 15) is 18.0 Å². The molecule has 184 valence electrons. The first-order valence-corrected chi connectivity index (χ1v) is 12.9. The van der Waals surface area contributed by atoms with Crippen LogP contribution in [0.15, 0.2) is 48.5 Å². The Hall–Kier alpha value is -3.27. The molecule has 34 heavy (non-hydrogen) atoms. The van der Waals surface area contributed by atoms with Crippen molar-refractivity contribution in [2.75, 3.05) is 36.4 Å². The van der Waals surface area contributed by atoms with Gasteiger partial charge in [-0.05, 0) is 38.5 Å². The van der Waals surface area contributed by atoms with E-state index < -0.39 is 28.5 Å². The van der Waals surface area contributed by atoms with Crippen LogP contribution in [-0.2, 0) is 26.2 Å². The molecule has 10 heteroatoms. The Labute approximate surface area is 200 Å². The molecule has 1 aliphatic heterocycles. The van der Waals surface area contributed by atoms with Crippen LogP contribution < -0.4 is 19.1 Å². The Morgan fingerprint density at radius 1 is 1.03 bits per heavy atom. The lowest BCUT2D eigenvalue weighted by Crippen LogP contribution is -2.51. The molecule has 9 nitrogen and oxygen atoms in total. The van der Waals surface area contributed by atoms with E-state index in [0.29, 0.717) is 36.9 Å². The van der Waals surface area contributed by atoms with E-state index in [1.807, 2.05) is 30.3 Å². The van der Waals surface area contributed by atoms with Gasteiger partial charge in [0.15, 0.2) is 11.5 Å². The molecule has 3 rings (SSSR count). The number of ether oxygens (including phenoxy) is 2. The second-order valence-corrected chi connectivity index (χ2v) is 9.99. The Morgan fingerprint density at radius 2 is 1.71 bits per heavy atom. The van der Waals surface area contributed by atoms with Crippen molar-refractivity contribution in [3.63, 3.8) is 0 Å². The largest absolute Gasteiger partial charge is 0.486 e. The highest BCUT2D eigenvalue weighted by molar-refractivity contribution is 7.92. The van der Waals surface area contributed by atoms with Gasteiger partial charge in [0.05, 0.1) is 11.4 Å². The summed E-state index contributed by atoms with van der Waals surface area (Å²) in [5, 5.41) is 2.73. The molecule has 2 aromatic carbocycles. The maximum absolute atomic E-state index is 13.5. The highest BCUT2D eigenvalue weighted by atomic mass is 32.2. The number of likely N-dealkylation sites (N-methyl/N-ethyl adjacent to an activating group) is 1. The molecule has 0 spiro atoms. The van der Waals surface area contributed by atoms with Crippen molar-refractivity contribution in [3.05, 3.63) is 54.1 Å². The molecule has 1 aliphatic rings. The van der Waals surface area contributed by atoms with Crippen molar-refractivity contribution in [3.8, 4) is 11.5 Å². The van der Waals surface area contributed by atoms with Crippen molar-refractivity contribution in [1.82, 2.24) is 10.2 Å². The number of hydrogen-bond donors (Lipinski definition) is 1. The quantitative estimate of drug-likeness (QED) is 0.548. The standard InChI is InChI=1S/C24H31N3O6S/c1-4-25-24(29)18(3)26(16-19-9-7-6-8-10-19)23(28)17-27(34(30,31)5-2)20-11-12-21-22(15-20)33-14-13-32-21/h6-12,15,18H,4-5,13-14,16-17H2,1-3H3,(H,25,29)/t18-/m1/s1. The number of amides is 2. The highest BCUT2D eigenvalue weighted by Gasteiger charge is 2.31. The molecule has 1 atom stereocenters. The van der Waals surface area contributed by atoms with Crippen molar-refractivity contribution < 1.29 is 27.5 Å². The second-order valence-electron chi connectivity index (χ2n) is 7.81. The summed E-state index contributed by atoms with van der Waals surface area (Å²) in [4.78, 5) is 27.5. The lowest BCUT2D eigenvalue weighted by Gasteiger charge is -2.32. The topological polar surface area (TPSA) is 105 Å². The van der Waals surface area contributed by atoms with Crippen LogP contribution in [0.2, 0.25) is 0 Å². The van der Waals surface area contributed by atoms with Gasteiger partial charge >= 0.3 is 0 Å². The van der Waals surface area contributed by atoms with Crippen LogP contribution in [-0.4, -0.2) is 63.2 Å². The summed E-state index contributed by atoms with van der Waals surface area (Å²) in [5.41, 5.74) is 1.13. The molecule has 0 saturated carbocycles. The monoisotopic (exact) mass is 489 g/mol. The summed E-state index contributed by atoms with van der Waals surface area (Å²) < 4.78 is 38.2. The number of anilines is 1. The Kier molecular flexibility index (Phi) is 8.38. The van der Waals surface area contributed by atoms with E-state index in [-0.39, 0.29) is 18.2 Å². The van der Waals surface area contributed by atoms with Gasteiger partial charge in [-0.2, -0.15) is 0 Å². The van der Waals surface area contributed by atoms with Gasteiger partial charge in [-0.25, -0.2) is 8.42 Å². The van der Waals surface area contributed by atoms with Gasteiger partial charge < -0.3 is 19.7 Å². The van der Waals surface area contributed by atoms with Gasteiger partial charge in [0, 0.05) is 19.2 Å². The van der Waals surface area contributed by atoms with Crippen LogP contribution in [0.5, 0.6) is 11.5 Å². The van der Waals surface area contributed by atoms with Gasteiger partial charge in [0.1, 0.15) is 25.8 Å². The molecule has 1 N–H and O–H groups in total. The fourth-order valence-corrected chi connectivity index (χ4v) is 4.65. The SMILES string of the molecule is CCNC(=O)[C@@H](C)N(Cc1ccccc1)C(=O)CN(c1ccc2c(c1)OCCO2)S(=O)(=O)CC. The second kappa shape index (κ2) is 11.2. The van der Waals surface area contributed by atoms with Crippen LogP contribution >= 0.6 is 0 Å². The number of nitrogens with zero attached hydrogens (tertiary/aromatic N) is 2. The molecular formula is C24H31N3O6S. The maximum atomic E-state index is 13.5. The number of hydrogen-bond acceptors (Lipinski definition) is 6. The summed E-state index contributed by atoms with van der Waals surface area (Å²) >= 11 is 0. The number of fused-ring (bicyclic) bond motifs is 1. The van der Waals surface area contributed by atoms with Crippen LogP contribution in [0.3, 0.4) is 0 Å². The molecule has 0 bridgehead atoms. The molecule has 0 radical (unpaired) electrons. The van der Waals surface area contributed by atoms with Gasteiger partial charge in [-0.1, -0.05) is 30.3 Å². The average Bonchev–Trinajstić information content (AvgIpc) is 2.85. The van der Waals surface area contributed by atoms with E-state index in [4.69, 9.17) is 9.47 Å². The third kappa shape index (κ3) is 5.99. The first-order chi connectivity index (χ1) is 16.3. The minimum atomic E-state index is -3.81. The minimum absolute atomic E-state index is 0.166. The molecule has 0 aromatic heterocycles. The number of carbonyl (C=O) groups excluding carboxylic acids is 2. The molecule has 2 amide bonds. The zero-order valence-corrected chi connectivity index (χ0v) is 20.5. The number of rotatable bonds is 10. The van der Waals surface area contributed by atoms with Gasteiger partial charge in [0.25, 0.3) is 0 Å². The smallest absolute Gasteiger partial charge is 0.244 e. The van der Waals surface area contributed by atoms with Crippen LogP contribution in [0.4, 0.5) is 5.69 Å². The number of sulfonamides is 1. The Bertz CT molecular complexity index is 1110. The van der Waals surface area contributed by atoms with Crippen LogP contribution in [0.25, 0.3) is 0 Å². The van der Waals surface area contributed by atoms with Crippen molar-refractivity contribution in [2.45, 2.75) is 33.4 Å². The van der Waals surface area contributed by atoms with Gasteiger partial charge in [-0.15, -0.1) is 0 Å². The zero-order valence-electron chi connectivity index (χ0n) is 19.7. The zero-order chi connectivity index (χ0) is 24.7. The lowest BCUT2D eigenvalue weighted by atomic mass is 10.1. The van der Waals surface area contributed by atoms with Crippen LogP contribution in [0.1, 0.15) is 26.3 Å². The molecule has 0 fully saturated rings. The number of nitrogens with one attached hydrogen (secondary N) is 1. The Morgan fingerprint density at radius 3 is 2.35 bits per heavy atom. The number of carbonyl (C=O) groups is 2. The average molecular weight is 490 g/mol. The number of benzene rings is 2. The highest BCUT2D eigenvalue weighted by Crippen LogP contribution is 2.35. The lowest BCUT2D eigenvalue weighted by molar-refractivity contribution is -0.139. The molecule has 1 heterocycles. The molecule has 2 aromatic rings. The summed E-state index contributed by atoms with van der Waals surface area (Å²) in [6.07, 6.45) is 0. The first-order valence-electron chi connectivity index (χ1n) is 11.3. The molecule has 0 unspecified atom stereocenters. The summed E-state index contributed by atoms with van der Waals surface area (Å²) in [6, 6.07) is 13.2. The van der Waals surface area contributed by atoms with Gasteiger partial charge in [-0.3, -0.25) is 13.9 Å².